The fourth-order valence-electron chi connectivity index (χ4n) is 2.92. The van der Waals surface area contributed by atoms with Gasteiger partial charge in [-0.2, -0.15) is 0 Å². The van der Waals surface area contributed by atoms with Gasteiger partial charge in [-0.25, -0.2) is 0 Å². The van der Waals surface area contributed by atoms with E-state index in [9.17, 15) is 14.9 Å². The van der Waals surface area contributed by atoms with E-state index in [1.807, 2.05) is 24.3 Å². The molecule has 3 rings (SSSR count). The lowest BCUT2D eigenvalue weighted by molar-refractivity contribution is -0.385. The minimum atomic E-state index is -0.540. The van der Waals surface area contributed by atoms with Gasteiger partial charge >= 0.3 is 0 Å². The highest BCUT2D eigenvalue weighted by Crippen LogP contribution is 2.28. The van der Waals surface area contributed by atoms with Crippen LogP contribution in [0.15, 0.2) is 48.5 Å². The molecule has 1 aliphatic rings. The zero-order valence-electron chi connectivity index (χ0n) is 14.0. The van der Waals surface area contributed by atoms with Crippen molar-refractivity contribution in [3.8, 4) is 0 Å². The number of hydrogen-bond acceptors (Lipinski definition) is 5. The van der Waals surface area contributed by atoms with Gasteiger partial charge in [0.05, 0.1) is 16.3 Å². The van der Waals surface area contributed by atoms with Crippen molar-refractivity contribution in [2.24, 2.45) is 0 Å². The van der Waals surface area contributed by atoms with Crippen LogP contribution in [0.2, 0.25) is 0 Å². The normalized spacial score (nSPS) is 15.0. The molecular formula is C18H20N4O3. The summed E-state index contributed by atoms with van der Waals surface area (Å²) in [7, 11) is 2.08. The van der Waals surface area contributed by atoms with Crippen molar-refractivity contribution in [1.29, 1.82) is 0 Å². The smallest absolute Gasteiger partial charge is 0.282 e. The quantitative estimate of drug-likeness (QED) is 0.684. The number of para-hydroxylation sites is 3. The molecule has 0 radical (unpaired) electrons. The van der Waals surface area contributed by atoms with Crippen LogP contribution in [0.3, 0.4) is 0 Å². The van der Waals surface area contributed by atoms with E-state index in [0.29, 0.717) is 5.69 Å². The largest absolute Gasteiger partial charge is 0.367 e. The zero-order chi connectivity index (χ0) is 17.8. The fourth-order valence-corrected chi connectivity index (χ4v) is 2.92. The number of piperazine rings is 1. The Kier molecular flexibility index (Phi) is 4.95. The molecular weight excluding hydrogens is 320 g/mol. The van der Waals surface area contributed by atoms with Crippen molar-refractivity contribution in [3.63, 3.8) is 0 Å². The van der Waals surface area contributed by atoms with Crippen LogP contribution >= 0.6 is 0 Å². The third kappa shape index (κ3) is 3.77. The summed E-state index contributed by atoms with van der Waals surface area (Å²) < 4.78 is 0. The average Bonchev–Trinajstić information content (AvgIpc) is 2.63. The van der Waals surface area contributed by atoms with E-state index in [1.165, 1.54) is 12.1 Å². The first-order valence-electron chi connectivity index (χ1n) is 8.13. The molecule has 0 aliphatic carbocycles. The van der Waals surface area contributed by atoms with E-state index in [1.54, 1.807) is 12.1 Å². The number of anilines is 2. The molecule has 0 spiro atoms. The van der Waals surface area contributed by atoms with Crippen LogP contribution in [0.1, 0.15) is 10.4 Å². The average molecular weight is 340 g/mol. The van der Waals surface area contributed by atoms with Gasteiger partial charge in [0.1, 0.15) is 5.56 Å². The Hall–Kier alpha value is -2.93. The lowest BCUT2D eigenvalue weighted by Crippen LogP contribution is -2.44. The topological polar surface area (TPSA) is 78.7 Å². The molecule has 0 aromatic heterocycles. The number of nitrogens with zero attached hydrogens (tertiary/aromatic N) is 3. The molecule has 0 atom stereocenters. The fraction of sp³-hybridized carbons (Fsp3) is 0.278. The molecule has 1 saturated heterocycles. The van der Waals surface area contributed by atoms with Gasteiger partial charge in [-0.05, 0) is 25.2 Å². The molecule has 1 N–H and O–H groups in total. The van der Waals surface area contributed by atoms with Crippen LogP contribution in [-0.2, 0) is 0 Å². The summed E-state index contributed by atoms with van der Waals surface area (Å²) in [4.78, 5) is 27.7. The van der Waals surface area contributed by atoms with Crippen molar-refractivity contribution in [2.75, 3.05) is 43.4 Å². The van der Waals surface area contributed by atoms with Crippen LogP contribution in [0.4, 0.5) is 17.1 Å². The summed E-state index contributed by atoms with van der Waals surface area (Å²) in [5.74, 6) is -0.478. The van der Waals surface area contributed by atoms with E-state index in [2.05, 4.69) is 22.2 Å². The maximum Gasteiger partial charge on any atom is 0.282 e. The second-order valence-electron chi connectivity index (χ2n) is 6.04. The maximum absolute atomic E-state index is 12.6. The van der Waals surface area contributed by atoms with E-state index in [0.717, 1.165) is 31.9 Å². The molecule has 1 amide bonds. The first kappa shape index (κ1) is 16.9. The summed E-state index contributed by atoms with van der Waals surface area (Å²) in [5.41, 5.74) is 1.45. The van der Waals surface area contributed by atoms with Crippen LogP contribution in [0, 0.1) is 10.1 Å². The first-order valence-corrected chi connectivity index (χ1v) is 8.13. The standard InChI is InChI=1S/C18H20N4O3/c1-20-10-12-21(13-11-20)17-9-5-3-7-15(17)19-18(23)14-6-2-4-8-16(14)22(24)25/h2-9H,10-13H2,1H3,(H,19,23). The number of carbonyl (C=O) groups is 1. The summed E-state index contributed by atoms with van der Waals surface area (Å²) in [5, 5.41) is 14.0. The van der Waals surface area contributed by atoms with Crippen LogP contribution in [-0.4, -0.2) is 49.0 Å². The number of amides is 1. The van der Waals surface area contributed by atoms with Gasteiger partial charge in [-0.3, -0.25) is 14.9 Å². The van der Waals surface area contributed by atoms with E-state index in [4.69, 9.17) is 0 Å². The highest BCUT2D eigenvalue weighted by atomic mass is 16.6. The molecule has 1 heterocycles. The first-order chi connectivity index (χ1) is 12.1. The molecule has 130 valence electrons. The molecule has 0 bridgehead atoms. The number of nitrogens with one attached hydrogen (secondary N) is 1. The van der Waals surface area contributed by atoms with Crippen LogP contribution in [0.5, 0.6) is 0 Å². The number of hydrogen-bond donors (Lipinski definition) is 1. The van der Waals surface area contributed by atoms with Gasteiger partial charge in [0.25, 0.3) is 11.6 Å². The minimum absolute atomic E-state index is 0.0562. The predicted octanol–water partition coefficient (Wildman–Crippen LogP) is 2.60. The third-order valence-corrected chi connectivity index (χ3v) is 4.34. The number of carbonyl (C=O) groups excluding carboxylic acids is 1. The second kappa shape index (κ2) is 7.31. The predicted molar refractivity (Wildman–Crippen MR) is 97.2 cm³/mol. The molecule has 2 aromatic carbocycles. The van der Waals surface area contributed by atoms with E-state index in [-0.39, 0.29) is 11.3 Å². The van der Waals surface area contributed by atoms with Gasteiger partial charge in [0.2, 0.25) is 0 Å². The summed E-state index contributed by atoms with van der Waals surface area (Å²) in [6.45, 7) is 3.64. The molecule has 0 unspecified atom stereocenters. The number of benzene rings is 2. The summed E-state index contributed by atoms with van der Waals surface area (Å²) >= 11 is 0. The molecule has 2 aromatic rings. The van der Waals surface area contributed by atoms with Crippen molar-refractivity contribution in [3.05, 3.63) is 64.2 Å². The third-order valence-electron chi connectivity index (χ3n) is 4.34. The Balaban J connectivity index is 1.84. The molecule has 0 saturated carbocycles. The highest BCUT2D eigenvalue weighted by molar-refractivity contribution is 6.08. The van der Waals surface area contributed by atoms with Crippen molar-refractivity contribution >= 4 is 23.0 Å². The molecule has 1 fully saturated rings. The molecule has 7 nitrogen and oxygen atoms in total. The number of nitro groups is 1. The van der Waals surface area contributed by atoms with Crippen LogP contribution < -0.4 is 10.2 Å². The highest BCUT2D eigenvalue weighted by Gasteiger charge is 2.22. The van der Waals surface area contributed by atoms with Gasteiger partial charge in [0.15, 0.2) is 0 Å². The van der Waals surface area contributed by atoms with Crippen molar-refractivity contribution in [2.45, 2.75) is 0 Å². The zero-order valence-corrected chi connectivity index (χ0v) is 14.0. The molecule has 1 aliphatic heterocycles. The SMILES string of the molecule is CN1CCN(c2ccccc2NC(=O)c2ccccc2[N+](=O)[O-])CC1. The minimum Gasteiger partial charge on any atom is -0.367 e. The Labute approximate surface area is 146 Å². The Bertz CT molecular complexity index is 785. The Morgan fingerprint density at radius 2 is 1.68 bits per heavy atom. The monoisotopic (exact) mass is 340 g/mol. The molecule has 7 heteroatoms. The van der Waals surface area contributed by atoms with E-state index >= 15 is 0 Å². The molecule has 25 heavy (non-hydrogen) atoms. The van der Waals surface area contributed by atoms with Gasteiger partial charge in [-0.15, -0.1) is 0 Å². The van der Waals surface area contributed by atoms with Crippen LogP contribution in [0.25, 0.3) is 0 Å². The van der Waals surface area contributed by atoms with Gasteiger partial charge < -0.3 is 15.1 Å². The second-order valence-corrected chi connectivity index (χ2v) is 6.04. The van der Waals surface area contributed by atoms with Gasteiger partial charge in [0, 0.05) is 32.2 Å². The lowest BCUT2D eigenvalue weighted by atomic mass is 10.1. The Morgan fingerprint density at radius 1 is 1.04 bits per heavy atom. The number of rotatable bonds is 4. The summed E-state index contributed by atoms with van der Waals surface area (Å²) in [6.07, 6.45) is 0. The Morgan fingerprint density at radius 3 is 2.40 bits per heavy atom. The maximum atomic E-state index is 12.6. The van der Waals surface area contributed by atoms with Crippen molar-refractivity contribution in [1.82, 2.24) is 4.90 Å². The van der Waals surface area contributed by atoms with Gasteiger partial charge in [-0.1, -0.05) is 24.3 Å². The summed E-state index contributed by atoms with van der Waals surface area (Å²) in [6, 6.07) is 13.5. The number of likely N-dealkylation sites (N-methyl/N-ethyl adjacent to an activating group) is 1. The number of nitro benzene ring substituents is 1. The lowest BCUT2D eigenvalue weighted by Gasteiger charge is -2.35. The van der Waals surface area contributed by atoms with Crippen molar-refractivity contribution < 1.29 is 9.72 Å². The van der Waals surface area contributed by atoms with E-state index < -0.39 is 10.8 Å².